The average Bonchev–Trinajstić information content (AvgIpc) is 2.55. The van der Waals surface area contributed by atoms with Crippen molar-refractivity contribution in [1.82, 2.24) is 0 Å². The third-order valence-electron chi connectivity index (χ3n) is 4.04. The average molecular weight is 315 g/mol. The molecule has 1 heterocycles. The number of carboxylic acids is 1. The molecule has 1 atom stereocenters. The summed E-state index contributed by atoms with van der Waals surface area (Å²) in [6, 6.07) is 11.3. The van der Waals surface area contributed by atoms with Gasteiger partial charge in [0.25, 0.3) is 0 Å². The zero-order valence-corrected chi connectivity index (χ0v) is 12.8. The molecule has 2 aromatic rings. The Morgan fingerprint density at radius 3 is 2.87 bits per heavy atom. The van der Waals surface area contributed by atoms with E-state index in [1.54, 1.807) is 24.3 Å². The number of rotatable bonds is 4. The molecule has 23 heavy (non-hydrogen) atoms. The fourth-order valence-electron chi connectivity index (χ4n) is 2.83. The van der Waals surface area contributed by atoms with Crippen LogP contribution in [-0.4, -0.2) is 23.7 Å². The summed E-state index contributed by atoms with van der Waals surface area (Å²) in [5.41, 5.74) is 1.63. The summed E-state index contributed by atoms with van der Waals surface area (Å²) in [5.74, 6) is -0.656. The predicted molar refractivity (Wildman–Crippen MR) is 85.6 cm³/mol. The Bertz CT molecular complexity index is 732. The Hall–Kier alpha value is -2.56. The standard InChI is InChI=1S/C18H18FNO3/c1-2-14-11-20(16-9-13(19)7-8-17(16)23-14)10-12-5-3-4-6-15(12)18(21)22/h3-9,14H,2,10-11H2,1H3,(H,21,22). The van der Waals surface area contributed by atoms with Crippen molar-refractivity contribution in [3.8, 4) is 5.75 Å². The van der Waals surface area contributed by atoms with Crippen LogP contribution < -0.4 is 9.64 Å². The lowest BCUT2D eigenvalue weighted by molar-refractivity contribution is 0.0695. The molecule has 1 N–H and O–H groups in total. The summed E-state index contributed by atoms with van der Waals surface area (Å²) in [6.45, 7) is 3.03. The van der Waals surface area contributed by atoms with Gasteiger partial charge >= 0.3 is 5.97 Å². The van der Waals surface area contributed by atoms with Gasteiger partial charge in [-0.05, 0) is 30.2 Å². The number of hydrogen-bond donors (Lipinski definition) is 1. The highest BCUT2D eigenvalue weighted by molar-refractivity contribution is 5.89. The van der Waals surface area contributed by atoms with Crippen LogP contribution in [0, 0.1) is 5.82 Å². The van der Waals surface area contributed by atoms with E-state index in [9.17, 15) is 14.3 Å². The summed E-state index contributed by atoms with van der Waals surface area (Å²) in [7, 11) is 0. The van der Waals surface area contributed by atoms with Crippen molar-refractivity contribution >= 4 is 11.7 Å². The maximum atomic E-state index is 13.6. The lowest BCUT2D eigenvalue weighted by Crippen LogP contribution is -2.39. The number of ether oxygens (including phenoxy) is 1. The molecule has 1 aliphatic rings. The predicted octanol–water partition coefficient (Wildman–Crippen LogP) is 3.70. The van der Waals surface area contributed by atoms with Gasteiger partial charge in [-0.25, -0.2) is 9.18 Å². The molecule has 1 aliphatic heterocycles. The summed E-state index contributed by atoms with van der Waals surface area (Å²) in [4.78, 5) is 13.4. The van der Waals surface area contributed by atoms with Gasteiger partial charge in [-0.2, -0.15) is 0 Å². The SMILES string of the molecule is CCC1CN(Cc2ccccc2C(=O)O)c2cc(F)ccc2O1. The first-order valence-electron chi connectivity index (χ1n) is 7.61. The molecule has 0 saturated carbocycles. The highest BCUT2D eigenvalue weighted by atomic mass is 19.1. The van der Waals surface area contributed by atoms with Crippen LogP contribution in [0.15, 0.2) is 42.5 Å². The molecule has 0 aliphatic carbocycles. The first kappa shape index (κ1) is 15.3. The Morgan fingerprint density at radius 1 is 1.35 bits per heavy atom. The summed E-state index contributed by atoms with van der Waals surface area (Å²) < 4.78 is 19.5. The van der Waals surface area contributed by atoms with E-state index in [4.69, 9.17) is 4.74 Å². The maximum Gasteiger partial charge on any atom is 0.336 e. The molecule has 0 spiro atoms. The second kappa shape index (κ2) is 6.28. The van der Waals surface area contributed by atoms with Gasteiger partial charge in [0.15, 0.2) is 0 Å². The third-order valence-corrected chi connectivity index (χ3v) is 4.04. The normalized spacial score (nSPS) is 16.6. The van der Waals surface area contributed by atoms with Crippen LogP contribution in [0.2, 0.25) is 0 Å². The molecule has 2 aromatic carbocycles. The summed E-state index contributed by atoms with van der Waals surface area (Å²) >= 11 is 0. The molecule has 5 heteroatoms. The number of nitrogens with zero attached hydrogens (tertiary/aromatic N) is 1. The molecule has 0 saturated heterocycles. The van der Waals surface area contributed by atoms with E-state index in [1.165, 1.54) is 12.1 Å². The number of benzene rings is 2. The molecular formula is C18H18FNO3. The minimum Gasteiger partial charge on any atom is -0.486 e. The van der Waals surface area contributed by atoms with E-state index in [0.717, 1.165) is 6.42 Å². The van der Waals surface area contributed by atoms with Crippen LogP contribution in [0.5, 0.6) is 5.75 Å². The molecular weight excluding hydrogens is 297 g/mol. The highest BCUT2D eigenvalue weighted by Gasteiger charge is 2.26. The van der Waals surface area contributed by atoms with Crippen molar-refractivity contribution < 1.29 is 19.0 Å². The van der Waals surface area contributed by atoms with E-state index in [0.29, 0.717) is 30.1 Å². The van der Waals surface area contributed by atoms with Gasteiger partial charge in [-0.15, -0.1) is 0 Å². The highest BCUT2D eigenvalue weighted by Crippen LogP contribution is 2.35. The number of fused-ring (bicyclic) bond motifs is 1. The largest absolute Gasteiger partial charge is 0.486 e. The smallest absolute Gasteiger partial charge is 0.336 e. The lowest BCUT2D eigenvalue weighted by atomic mass is 10.1. The Balaban J connectivity index is 1.97. The molecule has 0 bridgehead atoms. The zero-order chi connectivity index (χ0) is 16.4. The second-order valence-electron chi connectivity index (χ2n) is 5.60. The van der Waals surface area contributed by atoms with Crippen molar-refractivity contribution in [2.24, 2.45) is 0 Å². The Kier molecular flexibility index (Phi) is 4.19. The van der Waals surface area contributed by atoms with Gasteiger partial charge < -0.3 is 14.7 Å². The van der Waals surface area contributed by atoms with E-state index >= 15 is 0 Å². The molecule has 1 unspecified atom stereocenters. The van der Waals surface area contributed by atoms with Crippen LogP contribution in [0.25, 0.3) is 0 Å². The summed E-state index contributed by atoms with van der Waals surface area (Å²) in [5, 5.41) is 9.33. The fourth-order valence-corrected chi connectivity index (χ4v) is 2.83. The van der Waals surface area contributed by atoms with Crippen molar-refractivity contribution in [2.45, 2.75) is 26.0 Å². The molecule has 120 valence electrons. The molecule has 0 amide bonds. The first-order chi connectivity index (χ1) is 11.1. The zero-order valence-electron chi connectivity index (χ0n) is 12.8. The summed E-state index contributed by atoms with van der Waals surface area (Å²) in [6.07, 6.45) is 0.832. The molecule has 0 radical (unpaired) electrons. The Labute approximate surface area is 134 Å². The van der Waals surface area contributed by atoms with Crippen molar-refractivity contribution in [3.05, 3.63) is 59.4 Å². The second-order valence-corrected chi connectivity index (χ2v) is 5.60. The van der Waals surface area contributed by atoms with Crippen LogP contribution in [-0.2, 0) is 6.54 Å². The molecule has 0 aromatic heterocycles. The monoisotopic (exact) mass is 315 g/mol. The van der Waals surface area contributed by atoms with Gasteiger partial charge in [-0.3, -0.25) is 0 Å². The number of carboxylic acid groups (broad SMARTS) is 1. The number of hydrogen-bond acceptors (Lipinski definition) is 3. The van der Waals surface area contributed by atoms with Crippen LogP contribution >= 0.6 is 0 Å². The van der Waals surface area contributed by atoms with Crippen LogP contribution in [0.4, 0.5) is 10.1 Å². The maximum absolute atomic E-state index is 13.6. The molecule has 3 rings (SSSR count). The van der Waals surface area contributed by atoms with E-state index < -0.39 is 5.97 Å². The van der Waals surface area contributed by atoms with Crippen LogP contribution in [0.3, 0.4) is 0 Å². The molecule has 4 nitrogen and oxygen atoms in total. The van der Waals surface area contributed by atoms with Gasteiger partial charge in [0.1, 0.15) is 17.7 Å². The minimum absolute atomic E-state index is 0.00458. The van der Waals surface area contributed by atoms with Crippen molar-refractivity contribution in [2.75, 3.05) is 11.4 Å². The van der Waals surface area contributed by atoms with Crippen LogP contribution in [0.1, 0.15) is 29.3 Å². The number of carbonyl (C=O) groups is 1. The van der Waals surface area contributed by atoms with E-state index in [-0.39, 0.29) is 17.5 Å². The van der Waals surface area contributed by atoms with Gasteiger partial charge in [0.05, 0.1) is 17.8 Å². The number of halogens is 1. The van der Waals surface area contributed by atoms with E-state index in [2.05, 4.69) is 0 Å². The number of anilines is 1. The minimum atomic E-state index is -0.958. The topological polar surface area (TPSA) is 49.8 Å². The van der Waals surface area contributed by atoms with Crippen molar-refractivity contribution in [3.63, 3.8) is 0 Å². The fraction of sp³-hybridized carbons (Fsp3) is 0.278. The van der Waals surface area contributed by atoms with Crippen molar-refractivity contribution in [1.29, 1.82) is 0 Å². The quantitative estimate of drug-likeness (QED) is 0.934. The van der Waals surface area contributed by atoms with Gasteiger partial charge in [0.2, 0.25) is 0 Å². The third kappa shape index (κ3) is 3.13. The van der Waals surface area contributed by atoms with Gasteiger partial charge in [-0.1, -0.05) is 25.1 Å². The van der Waals surface area contributed by atoms with E-state index in [1.807, 2.05) is 17.9 Å². The molecule has 0 fully saturated rings. The first-order valence-corrected chi connectivity index (χ1v) is 7.61. The number of aromatic carboxylic acids is 1. The Morgan fingerprint density at radius 2 is 2.13 bits per heavy atom. The lowest BCUT2D eigenvalue weighted by Gasteiger charge is -2.36. The van der Waals surface area contributed by atoms with Gasteiger partial charge in [0, 0.05) is 12.6 Å².